The van der Waals surface area contributed by atoms with E-state index in [2.05, 4.69) is 43.6 Å². The van der Waals surface area contributed by atoms with Crippen molar-refractivity contribution in [2.45, 2.75) is 79.1 Å². The number of methoxy groups -OCH3 is 1. The van der Waals surface area contributed by atoms with Gasteiger partial charge in [0, 0.05) is 13.0 Å². The molecule has 0 amide bonds. The largest absolute Gasteiger partial charge is 0.384 e. The lowest BCUT2D eigenvalue weighted by molar-refractivity contribution is -0.130. The third kappa shape index (κ3) is 3.58. The van der Waals surface area contributed by atoms with Crippen molar-refractivity contribution in [2.24, 2.45) is 46.3 Å². The summed E-state index contributed by atoms with van der Waals surface area (Å²) >= 11 is 3.45. The van der Waals surface area contributed by atoms with Gasteiger partial charge < -0.3 is 4.74 Å². The number of hydrogen-bond acceptors (Lipinski definition) is 2. The van der Waals surface area contributed by atoms with E-state index in [9.17, 15) is 4.79 Å². The van der Waals surface area contributed by atoms with Crippen molar-refractivity contribution in [3.63, 3.8) is 0 Å². The van der Waals surface area contributed by atoms with Gasteiger partial charge in [-0.3, -0.25) is 4.79 Å². The average molecular weight is 441 g/mol. The maximum absolute atomic E-state index is 12.7. The van der Waals surface area contributed by atoms with Crippen molar-refractivity contribution in [3.8, 4) is 0 Å². The maximum Gasteiger partial charge on any atom is 0.147 e. The Morgan fingerprint density at radius 1 is 1.15 bits per heavy atom. The highest BCUT2D eigenvalue weighted by Crippen LogP contribution is 2.63. The second kappa shape index (κ2) is 8.46. The van der Waals surface area contributed by atoms with Crippen molar-refractivity contribution < 1.29 is 9.53 Å². The van der Waals surface area contributed by atoms with Crippen molar-refractivity contribution in [2.75, 3.05) is 19.0 Å². The molecule has 27 heavy (non-hydrogen) atoms. The first kappa shape index (κ1) is 21.8. The minimum atomic E-state index is 0.173. The molecule has 0 N–H and O–H groups in total. The molecule has 3 fully saturated rings. The predicted octanol–water partition coefficient (Wildman–Crippen LogP) is 6.51. The van der Waals surface area contributed by atoms with Crippen molar-refractivity contribution in [1.82, 2.24) is 0 Å². The van der Waals surface area contributed by atoms with Crippen LogP contribution < -0.4 is 0 Å². The standard InChI is InChI=1S/C24H41BrO2/c1-6-23(4)20(9-10-21(23)22(26)14-25)19-8-7-18-13-16(2)11-12-24(18,15-27-5)17(19)3/h16-21H,6-15H2,1-5H3. The molecule has 8 unspecified atom stereocenters. The van der Waals surface area contributed by atoms with E-state index in [1.807, 2.05) is 7.11 Å². The van der Waals surface area contributed by atoms with E-state index in [-0.39, 0.29) is 11.3 Å². The summed E-state index contributed by atoms with van der Waals surface area (Å²) in [7, 11) is 1.90. The van der Waals surface area contributed by atoms with Gasteiger partial charge in [0.1, 0.15) is 5.78 Å². The molecule has 0 spiro atoms. The minimum Gasteiger partial charge on any atom is -0.384 e. The number of alkyl halides is 1. The first-order valence-corrected chi connectivity index (χ1v) is 12.5. The number of Topliss-reactive ketones (excluding diaryl/α,β-unsaturated/α-hetero) is 1. The van der Waals surface area contributed by atoms with Gasteiger partial charge in [-0.1, -0.05) is 50.0 Å². The molecule has 0 saturated heterocycles. The Hall–Kier alpha value is 0.110. The molecule has 3 heteroatoms. The Morgan fingerprint density at radius 3 is 2.52 bits per heavy atom. The molecule has 0 aromatic rings. The Morgan fingerprint density at radius 2 is 1.89 bits per heavy atom. The van der Waals surface area contributed by atoms with E-state index >= 15 is 0 Å². The molecule has 156 valence electrons. The third-order valence-corrected chi connectivity index (χ3v) is 10.2. The fourth-order valence-corrected chi connectivity index (χ4v) is 8.26. The van der Waals surface area contributed by atoms with Gasteiger partial charge in [0.15, 0.2) is 0 Å². The zero-order valence-electron chi connectivity index (χ0n) is 18.2. The van der Waals surface area contributed by atoms with Gasteiger partial charge in [0.2, 0.25) is 0 Å². The molecule has 8 atom stereocenters. The Labute approximate surface area is 175 Å². The molecule has 3 aliphatic carbocycles. The summed E-state index contributed by atoms with van der Waals surface area (Å²) in [5, 5.41) is 0.522. The fourth-order valence-electron chi connectivity index (χ4n) is 7.87. The molecule has 0 bridgehead atoms. The van der Waals surface area contributed by atoms with Crippen LogP contribution in [-0.4, -0.2) is 24.8 Å². The number of hydrogen-bond donors (Lipinski definition) is 0. The zero-order valence-corrected chi connectivity index (χ0v) is 19.8. The van der Waals surface area contributed by atoms with Crippen LogP contribution in [0.1, 0.15) is 79.1 Å². The summed E-state index contributed by atoms with van der Waals surface area (Å²) in [4.78, 5) is 12.7. The predicted molar refractivity (Wildman–Crippen MR) is 116 cm³/mol. The van der Waals surface area contributed by atoms with E-state index < -0.39 is 0 Å². The lowest BCUT2D eigenvalue weighted by Gasteiger charge is -2.58. The van der Waals surface area contributed by atoms with Gasteiger partial charge in [-0.15, -0.1) is 0 Å². The highest BCUT2D eigenvalue weighted by Gasteiger charge is 2.57. The highest BCUT2D eigenvalue weighted by molar-refractivity contribution is 9.09. The van der Waals surface area contributed by atoms with E-state index in [0.29, 0.717) is 28.4 Å². The first-order chi connectivity index (χ1) is 12.8. The van der Waals surface area contributed by atoms with Crippen LogP contribution in [0.15, 0.2) is 0 Å². The van der Waals surface area contributed by atoms with Crippen LogP contribution in [0.3, 0.4) is 0 Å². The molecule has 0 radical (unpaired) electrons. The molecule has 0 aliphatic heterocycles. The number of ketones is 1. The van der Waals surface area contributed by atoms with Crippen molar-refractivity contribution >= 4 is 21.7 Å². The minimum absolute atomic E-state index is 0.173. The summed E-state index contributed by atoms with van der Waals surface area (Å²) in [6.45, 7) is 10.7. The normalized spacial score (nSPS) is 47.6. The molecule has 3 aliphatic rings. The summed E-state index contributed by atoms with van der Waals surface area (Å²) < 4.78 is 5.85. The molecule has 0 heterocycles. The van der Waals surface area contributed by atoms with E-state index in [4.69, 9.17) is 4.74 Å². The summed E-state index contributed by atoms with van der Waals surface area (Å²) in [5.41, 5.74) is 0.545. The maximum atomic E-state index is 12.7. The number of carbonyl (C=O) groups is 1. The van der Waals surface area contributed by atoms with E-state index in [1.165, 1.54) is 38.5 Å². The first-order valence-electron chi connectivity index (χ1n) is 11.4. The summed E-state index contributed by atoms with van der Waals surface area (Å²) in [5.74, 6) is 4.54. The van der Waals surface area contributed by atoms with Gasteiger partial charge in [0.05, 0.1) is 11.9 Å². The molecule has 0 aromatic carbocycles. The van der Waals surface area contributed by atoms with Crippen LogP contribution in [0, 0.1) is 46.3 Å². The quantitative estimate of drug-likeness (QED) is 0.439. The number of ether oxygens (including phenoxy) is 1. The topological polar surface area (TPSA) is 26.3 Å². The summed E-state index contributed by atoms with van der Waals surface area (Å²) in [6.07, 6.45) is 10.3. The molecule has 2 nitrogen and oxygen atoms in total. The zero-order chi connectivity index (χ0) is 19.8. The SMILES string of the molecule is CCC1(C)C(C(=O)CBr)CCC1C1CCC2CC(C)CCC2(COC)C1C. The smallest absolute Gasteiger partial charge is 0.147 e. The second-order valence-corrected chi connectivity index (χ2v) is 11.0. The second-order valence-electron chi connectivity index (χ2n) is 10.5. The molecule has 3 rings (SSSR count). The van der Waals surface area contributed by atoms with Gasteiger partial charge in [0.25, 0.3) is 0 Å². The number of fused-ring (bicyclic) bond motifs is 1. The molecular weight excluding hydrogens is 400 g/mol. The lowest BCUT2D eigenvalue weighted by atomic mass is 9.48. The summed E-state index contributed by atoms with van der Waals surface area (Å²) in [6, 6.07) is 0. The number of halogens is 1. The van der Waals surface area contributed by atoms with Gasteiger partial charge in [-0.25, -0.2) is 0 Å². The van der Waals surface area contributed by atoms with Crippen LogP contribution in [0.2, 0.25) is 0 Å². The van der Waals surface area contributed by atoms with Crippen LogP contribution in [-0.2, 0) is 9.53 Å². The van der Waals surface area contributed by atoms with Crippen molar-refractivity contribution in [3.05, 3.63) is 0 Å². The van der Waals surface area contributed by atoms with Crippen LogP contribution in [0.5, 0.6) is 0 Å². The molecular formula is C24H41BrO2. The Bertz CT molecular complexity index is 534. The fraction of sp³-hybridized carbons (Fsp3) is 0.958. The van der Waals surface area contributed by atoms with E-state index in [1.54, 1.807) is 0 Å². The number of rotatable bonds is 6. The molecule has 0 aromatic heterocycles. The van der Waals surface area contributed by atoms with Gasteiger partial charge in [-0.2, -0.15) is 0 Å². The van der Waals surface area contributed by atoms with Crippen LogP contribution >= 0.6 is 15.9 Å². The van der Waals surface area contributed by atoms with Crippen LogP contribution in [0.25, 0.3) is 0 Å². The van der Waals surface area contributed by atoms with Gasteiger partial charge in [-0.05, 0) is 85.4 Å². The average Bonchev–Trinajstić information content (AvgIpc) is 3.00. The Balaban J connectivity index is 1.88. The van der Waals surface area contributed by atoms with Crippen LogP contribution in [0.4, 0.5) is 0 Å². The lowest BCUT2D eigenvalue weighted by Crippen LogP contribution is -2.53. The highest BCUT2D eigenvalue weighted by atomic mass is 79.9. The third-order valence-electron chi connectivity index (χ3n) is 9.62. The van der Waals surface area contributed by atoms with Gasteiger partial charge >= 0.3 is 0 Å². The number of carbonyl (C=O) groups excluding carboxylic acids is 1. The monoisotopic (exact) mass is 440 g/mol. The van der Waals surface area contributed by atoms with Crippen molar-refractivity contribution in [1.29, 1.82) is 0 Å². The Kier molecular flexibility index (Phi) is 6.83. The molecule has 3 saturated carbocycles. The van der Waals surface area contributed by atoms with E-state index in [0.717, 1.165) is 37.2 Å².